The summed E-state index contributed by atoms with van der Waals surface area (Å²) in [5.41, 5.74) is 0.634. The highest BCUT2D eigenvalue weighted by Crippen LogP contribution is 2.26. The Morgan fingerprint density at radius 2 is 1.84 bits per heavy atom. The highest BCUT2D eigenvalue weighted by atomic mass is 32.2. The van der Waals surface area contributed by atoms with Crippen LogP contribution in [-0.2, 0) is 19.4 Å². The molecule has 0 amide bonds. The van der Waals surface area contributed by atoms with Gasteiger partial charge in [-0.05, 0) is 39.3 Å². The first-order valence-electron chi connectivity index (χ1n) is 5.98. The molecule has 0 radical (unpaired) electrons. The quantitative estimate of drug-likeness (QED) is 0.796. The molecule has 0 atom stereocenters. The normalized spacial score (nSPS) is 12.3. The molecule has 0 saturated heterocycles. The zero-order valence-electron chi connectivity index (χ0n) is 12.0. The van der Waals surface area contributed by atoms with E-state index in [0.717, 1.165) is 5.56 Å². The van der Waals surface area contributed by atoms with Crippen LogP contribution in [0.15, 0.2) is 23.1 Å². The summed E-state index contributed by atoms with van der Waals surface area (Å²) in [6.07, 6.45) is 0. The van der Waals surface area contributed by atoms with Crippen molar-refractivity contribution in [2.45, 2.75) is 32.6 Å². The topological polar surface area (TPSA) is 60.4 Å². The van der Waals surface area contributed by atoms with E-state index in [4.69, 9.17) is 0 Å². The number of methoxy groups -OCH3 is 1. The molecule has 0 unspecified atom stereocenters. The molecule has 1 aromatic rings. The van der Waals surface area contributed by atoms with Crippen molar-refractivity contribution in [3.63, 3.8) is 0 Å². The maximum absolute atomic E-state index is 12.4. The molecule has 0 aliphatic heterocycles. The van der Waals surface area contributed by atoms with E-state index in [1.54, 1.807) is 32.9 Å². The van der Waals surface area contributed by atoms with E-state index in [9.17, 15) is 13.2 Å². The summed E-state index contributed by atoms with van der Waals surface area (Å²) in [6, 6.07) is 5.16. The Morgan fingerprint density at radius 3 is 2.32 bits per heavy atom. The van der Waals surface area contributed by atoms with Crippen molar-refractivity contribution in [3.05, 3.63) is 29.3 Å². The first-order valence-corrected chi connectivity index (χ1v) is 7.64. The Hall–Kier alpha value is -1.36. The fourth-order valence-corrected chi connectivity index (χ4v) is 4.08. The summed E-state index contributed by atoms with van der Waals surface area (Å²) in [7, 11) is -2.26. The summed E-state index contributed by atoms with van der Waals surface area (Å²) in [4.78, 5) is 11.9. The van der Waals surface area contributed by atoms with Crippen molar-refractivity contribution in [1.29, 1.82) is 0 Å². The second-order valence-corrected chi connectivity index (χ2v) is 7.36. The van der Waals surface area contributed by atoms with Crippen LogP contribution in [0, 0.1) is 19.3 Å². The van der Waals surface area contributed by atoms with E-state index >= 15 is 0 Å². The SMILES string of the molecule is COC(=O)C(C)(C)CS(=O)(=O)c1ccc(C)cc1C. The molecule has 106 valence electrons. The maximum atomic E-state index is 12.4. The molecule has 5 heteroatoms. The number of benzene rings is 1. The Bertz CT molecular complexity index is 585. The van der Waals surface area contributed by atoms with Crippen LogP contribution in [0.3, 0.4) is 0 Å². The minimum absolute atomic E-state index is 0.267. The van der Waals surface area contributed by atoms with Crippen molar-refractivity contribution in [1.82, 2.24) is 0 Å². The van der Waals surface area contributed by atoms with E-state index in [1.165, 1.54) is 7.11 Å². The van der Waals surface area contributed by atoms with Gasteiger partial charge in [-0.1, -0.05) is 17.7 Å². The lowest BCUT2D eigenvalue weighted by Crippen LogP contribution is -2.33. The molecule has 0 spiro atoms. The van der Waals surface area contributed by atoms with Crippen molar-refractivity contribution in [2.24, 2.45) is 5.41 Å². The predicted molar refractivity (Wildman–Crippen MR) is 73.8 cm³/mol. The third-order valence-corrected chi connectivity index (χ3v) is 5.18. The number of rotatable bonds is 4. The van der Waals surface area contributed by atoms with E-state index in [1.807, 2.05) is 13.0 Å². The molecule has 0 aliphatic rings. The summed E-state index contributed by atoms with van der Waals surface area (Å²) in [5.74, 6) is -0.794. The Labute approximate surface area is 114 Å². The van der Waals surface area contributed by atoms with Crippen LogP contribution < -0.4 is 0 Å². The van der Waals surface area contributed by atoms with Gasteiger partial charge < -0.3 is 4.74 Å². The van der Waals surface area contributed by atoms with Gasteiger partial charge in [0, 0.05) is 0 Å². The van der Waals surface area contributed by atoms with Crippen molar-refractivity contribution < 1.29 is 17.9 Å². The molecule has 0 aliphatic carbocycles. The number of sulfone groups is 1. The lowest BCUT2D eigenvalue weighted by Gasteiger charge is -2.21. The van der Waals surface area contributed by atoms with E-state index < -0.39 is 21.2 Å². The summed E-state index contributed by atoms with van der Waals surface area (Å²) < 4.78 is 29.4. The molecular weight excluding hydrogens is 264 g/mol. The second-order valence-electron chi connectivity index (χ2n) is 5.40. The molecule has 0 saturated carbocycles. The van der Waals surface area contributed by atoms with Crippen LogP contribution in [0.5, 0.6) is 0 Å². The van der Waals surface area contributed by atoms with Crippen molar-refractivity contribution in [3.8, 4) is 0 Å². The van der Waals surface area contributed by atoms with Crippen LogP contribution in [0.1, 0.15) is 25.0 Å². The number of hydrogen-bond acceptors (Lipinski definition) is 4. The molecule has 4 nitrogen and oxygen atoms in total. The number of ether oxygens (including phenoxy) is 1. The van der Waals surface area contributed by atoms with Gasteiger partial charge in [0.15, 0.2) is 9.84 Å². The average Bonchev–Trinajstić information content (AvgIpc) is 2.25. The van der Waals surface area contributed by atoms with E-state index in [-0.39, 0.29) is 10.6 Å². The van der Waals surface area contributed by atoms with Gasteiger partial charge in [0.2, 0.25) is 0 Å². The Morgan fingerprint density at radius 1 is 1.26 bits per heavy atom. The number of hydrogen-bond donors (Lipinski definition) is 0. The molecule has 1 aromatic carbocycles. The first-order chi connectivity index (χ1) is 8.60. The lowest BCUT2D eigenvalue weighted by atomic mass is 9.97. The Balaban J connectivity index is 3.15. The zero-order chi connectivity index (χ0) is 14.8. The van der Waals surface area contributed by atoms with Crippen molar-refractivity contribution >= 4 is 15.8 Å². The summed E-state index contributed by atoms with van der Waals surface area (Å²) in [5, 5.41) is 0. The van der Waals surface area contributed by atoms with Crippen LogP contribution >= 0.6 is 0 Å². The van der Waals surface area contributed by atoms with Gasteiger partial charge in [0.05, 0.1) is 23.2 Å². The molecule has 0 fully saturated rings. The summed E-state index contributed by atoms with van der Waals surface area (Å²) >= 11 is 0. The largest absolute Gasteiger partial charge is 0.469 e. The molecule has 0 aromatic heterocycles. The lowest BCUT2D eigenvalue weighted by molar-refractivity contribution is -0.149. The van der Waals surface area contributed by atoms with Crippen LogP contribution in [0.25, 0.3) is 0 Å². The first kappa shape index (κ1) is 15.7. The highest BCUT2D eigenvalue weighted by molar-refractivity contribution is 7.91. The van der Waals surface area contributed by atoms with Gasteiger partial charge in [0.1, 0.15) is 0 Å². The van der Waals surface area contributed by atoms with E-state index in [0.29, 0.717) is 5.56 Å². The third kappa shape index (κ3) is 3.56. The van der Waals surface area contributed by atoms with Gasteiger partial charge >= 0.3 is 5.97 Å². The zero-order valence-corrected chi connectivity index (χ0v) is 12.8. The van der Waals surface area contributed by atoms with Gasteiger partial charge in [0.25, 0.3) is 0 Å². The number of carbonyl (C=O) groups excluding carboxylic acids is 1. The van der Waals surface area contributed by atoms with Crippen LogP contribution in [0.2, 0.25) is 0 Å². The average molecular weight is 284 g/mol. The van der Waals surface area contributed by atoms with Crippen LogP contribution in [-0.4, -0.2) is 27.2 Å². The minimum atomic E-state index is -3.52. The number of esters is 1. The third-order valence-electron chi connectivity index (χ3n) is 2.95. The van der Waals surface area contributed by atoms with Gasteiger partial charge in [-0.2, -0.15) is 0 Å². The fourth-order valence-electron chi connectivity index (χ4n) is 2.04. The van der Waals surface area contributed by atoms with E-state index in [2.05, 4.69) is 4.74 Å². The molecule has 0 heterocycles. The molecular formula is C14H20O4S. The number of carbonyl (C=O) groups is 1. The number of aryl methyl sites for hydroxylation is 2. The minimum Gasteiger partial charge on any atom is -0.469 e. The Kier molecular flexibility index (Phi) is 4.40. The van der Waals surface area contributed by atoms with Gasteiger partial charge in [-0.3, -0.25) is 4.79 Å². The van der Waals surface area contributed by atoms with Crippen molar-refractivity contribution in [2.75, 3.05) is 12.9 Å². The summed E-state index contributed by atoms with van der Waals surface area (Å²) in [6.45, 7) is 6.80. The van der Waals surface area contributed by atoms with Crippen LogP contribution in [0.4, 0.5) is 0 Å². The smallest absolute Gasteiger partial charge is 0.312 e. The molecule has 0 bridgehead atoms. The fraction of sp³-hybridized carbons (Fsp3) is 0.500. The monoisotopic (exact) mass is 284 g/mol. The van der Waals surface area contributed by atoms with Gasteiger partial charge in [-0.15, -0.1) is 0 Å². The molecule has 19 heavy (non-hydrogen) atoms. The predicted octanol–water partition coefficient (Wildman–Crippen LogP) is 2.28. The molecule has 0 N–H and O–H groups in total. The van der Waals surface area contributed by atoms with Gasteiger partial charge in [-0.25, -0.2) is 8.42 Å². The second kappa shape index (κ2) is 5.33. The standard InChI is InChI=1S/C14H20O4S/c1-10-6-7-12(11(2)8-10)19(16,17)9-14(3,4)13(15)18-5/h6-8H,9H2,1-5H3. The maximum Gasteiger partial charge on any atom is 0.312 e. The molecule has 1 rings (SSSR count). The highest BCUT2D eigenvalue weighted by Gasteiger charge is 2.35.